The van der Waals surface area contributed by atoms with Crippen LogP contribution in [-0.2, 0) is 9.47 Å². The third kappa shape index (κ3) is 4.41. The van der Waals surface area contributed by atoms with Crippen molar-refractivity contribution >= 4 is 11.8 Å². The fourth-order valence-electron chi connectivity index (χ4n) is 3.20. The maximum absolute atomic E-state index is 12.2. The number of nitrogens with zero attached hydrogens (tertiary/aromatic N) is 1. The zero-order valence-electron chi connectivity index (χ0n) is 15.6. The van der Waals surface area contributed by atoms with Gasteiger partial charge < -0.3 is 25.6 Å². The molecular formula is C18H29N3O4. The quantitative estimate of drug-likeness (QED) is 0.772. The van der Waals surface area contributed by atoms with Crippen molar-refractivity contribution in [2.75, 3.05) is 5.73 Å². The first kappa shape index (κ1) is 19.5. The molecule has 140 valence electrons. The Morgan fingerprint density at radius 2 is 2.24 bits per heavy atom. The number of anilines is 1. The van der Waals surface area contributed by atoms with Crippen LogP contribution >= 0.6 is 0 Å². The Labute approximate surface area is 148 Å². The minimum Gasteiger partial charge on any atom is -0.444 e. The van der Waals surface area contributed by atoms with Gasteiger partial charge in [-0.15, -0.1) is 0 Å². The van der Waals surface area contributed by atoms with E-state index in [4.69, 9.17) is 15.2 Å². The average Bonchev–Trinajstić information content (AvgIpc) is 2.50. The number of pyridine rings is 1. The van der Waals surface area contributed by atoms with Crippen molar-refractivity contribution in [3.63, 3.8) is 0 Å². The second-order valence-electron chi connectivity index (χ2n) is 7.55. The van der Waals surface area contributed by atoms with E-state index in [9.17, 15) is 9.90 Å². The maximum Gasteiger partial charge on any atom is 0.407 e. The molecule has 25 heavy (non-hydrogen) atoms. The first-order valence-corrected chi connectivity index (χ1v) is 8.63. The van der Waals surface area contributed by atoms with Crippen LogP contribution < -0.4 is 11.1 Å². The lowest BCUT2D eigenvalue weighted by molar-refractivity contribution is -0.186. The summed E-state index contributed by atoms with van der Waals surface area (Å²) >= 11 is 0. The van der Waals surface area contributed by atoms with Crippen molar-refractivity contribution in [2.24, 2.45) is 0 Å². The largest absolute Gasteiger partial charge is 0.444 e. The number of hydrogen-bond donors (Lipinski definition) is 3. The summed E-state index contributed by atoms with van der Waals surface area (Å²) in [5.74, 6) is 0. The molecule has 1 aliphatic rings. The zero-order valence-corrected chi connectivity index (χ0v) is 15.6. The van der Waals surface area contributed by atoms with Crippen LogP contribution in [0.25, 0.3) is 0 Å². The average molecular weight is 351 g/mol. The van der Waals surface area contributed by atoms with E-state index in [1.54, 1.807) is 46.2 Å². The number of carbonyl (C=O) groups excluding carboxylic acids is 1. The molecule has 4 atom stereocenters. The lowest BCUT2D eigenvalue weighted by Crippen LogP contribution is -2.62. The van der Waals surface area contributed by atoms with Gasteiger partial charge in [0.2, 0.25) is 0 Å². The highest BCUT2D eigenvalue weighted by Gasteiger charge is 2.48. The van der Waals surface area contributed by atoms with E-state index in [2.05, 4.69) is 10.3 Å². The monoisotopic (exact) mass is 351 g/mol. The summed E-state index contributed by atoms with van der Waals surface area (Å²) in [7, 11) is 0. The molecule has 0 radical (unpaired) electrons. The number of aromatic nitrogens is 1. The molecule has 2 heterocycles. The highest BCUT2D eigenvalue weighted by Crippen LogP contribution is 2.40. The Hall–Kier alpha value is -1.86. The van der Waals surface area contributed by atoms with Crippen molar-refractivity contribution < 1.29 is 19.4 Å². The van der Waals surface area contributed by atoms with E-state index < -0.39 is 29.4 Å². The lowest BCUT2D eigenvalue weighted by atomic mass is 9.79. The number of amides is 1. The van der Waals surface area contributed by atoms with Gasteiger partial charge in [-0.25, -0.2) is 4.79 Å². The number of nitrogens with one attached hydrogen (secondary N) is 1. The zero-order chi connectivity index (χ0) is 18.8. The number of carbonyl (C=O) groups is 1. The Morgan fingerprint density at radius 3 is 2.80 bits per heavy atom. The Morgan fingerprint density at radius 1 is 1.56 bits per heavy atom. The molecule has 7 nitrogen and oxygen atoms in total. The summed E-state index contributed by atoms with van der Waals surface area (Å²) in [4.78, 5) is 16.2. The normalized spacial score (nSPS) is 29.9. The molecule has 4 N–H and O–H groups in total. The molecule has 1 aromatic rings. The molecule has 0 bridgehead atoms. The van der Waals surface area contributed by atoms with Gasteiger partial charge >= 0.3 is 6.09 Å². The molecule has 2 rings (SSSR count). The highest BCUT2D eigenvalue weighted by molar-refractivity contribution is 5.68. The number of alkyl carbamates (subject to hydrolysis) is 1. The molecule has 0 saturated carbocycles. The van der Waals surface area contributed by atoms with E-state index in [0.29, 0.717) is 18.5 Å². The molecule has 1 fully saturated rings. The molecule has 0 aromatic carbocycles. The first-order chi connectivity index (χ1) is 11.6. The van der Waals surface area contributed by atoms with Gasteiger partial charge in [-0.1, -0.05) is 6.92 Å². The van der Waals surface area contributed by atoms with Gasteiger partial charge in [-0.3, -0.25) is 4.98 Å². The molecule has 0 spiro atoms. The first-order valence-electron chi connectivity index (χ1n) is 8.63. The van der Waals surface area contributed by atoms with Gasteiger partial charge in [-0.05, 0) is 40.2 Å². The number of ether oxygens (including phenoxy) is 2. The third-order valence-electron chi connectivity index (χ3n) is 4.62. The second-order valence-corrected chi connectivity index (χ2v) is 7.55. The van der Waals surface area contributed by atoms with Crippen molar-refractivity contribution in [2.45, 2.75) is 76.9 Å². The fraction of sp³-hybridized carbons (Fsp3) is 0.667. The summed E-state index contributed by atoms with van der Waals surface area (Å²) in [5, 5.41) is 13.9. The van der Waals surface area contributed by atoms with E-state index in [-0.39, 0.29) is 6.10 Å². The summed E-state index contributed by atoms with van der Waals surface area (Å²) in [6.07, 6.45) is 2.67. The van der Waals surface area contributed by atoms with Crippen LogP contribution in [0.5, 0.6) is 0 Å². The summed E-state index contributed by atoms with van der Waals surface area (Å²) in [6.45, 7) is 9.06. The maximum atomic E-state index is 12.2. The molecule has 4 unspecified atom stereocenters. The smallest absolute Gasteiger partial charge is 0.407 e. The standard InChI is InChI=1S/C18H29N3O4/c1-6-18(23)11(2)24-14(12-7-8-20-10-13(12)19)9-15(18)21-16(22)25-17(3,4)5/h7-8,10-11,14-15,23H,6,9,19H2,1-5H3,(H,21,22). The van der Waals surface area contributed by atoms with Gasteiger partial charge in [0.05, 0.1) is 30.1 Å². The number of aliphatic hydroxyl groups is 1. The molecule has 1 aromatic heterocycles. The molecule has 1 amide bonds. The summed E-state index contributed by atoms with van der Waals surface area (Å²) < 4.78 is 11.4. The number of hydrogen-bond acceptors (Lipinski definition) is 6. The lowest BCUT2D eigenvalue weighted by Gasteiger charge is -2.47. The molecule has 0 aliphatic carbocycles. The molecular weight excluding hydrogens is 322 g/mol. The summed E-state index contributed by atoms with van der Waals surface area (Å²) in [5.41, 5.74) is 5.54. The fourth-order valence-corrected chi connectivity index (χ4v) is 3.20. The van der Waals surface area contributed by atoms with E-state index in [0.717, 1.165) is 5.56 Å². The van der Waals surface area contributed by atoms with Crippen LogP contribution in [0.2, 0.25) is 0 Å². The van der Waals surface area contributed by atoms with Crippen LogP contribution in [0, 0.1) is 0 Å². The minimum absolute atomic E-state index is 0.343. The molecule has 1 aliphatic heterocycles. The topological polar surface area (TPSA) is 107 Å². The predicted octanol–water partition coefficient (Wildman–Crippen LogP) is 2.55. The Balaban J connectivity index is 2.23. The second kappa shape index (κ2) is 7.17. The van der Waals surface area contributed by atoms with E-state index in [1.807, 2.05) is 6.92 Å². The van der Waals surface area contributed by atoms with Gasteiger partial charge in [0.15, 0.2) is 0 Å². The molecule has 7 heteroatoms. The molecule has 1 saturated heterocycles. The third-order valence-corrected chi connectivity index (χ3v) is 4.62. The van der Waals surface area contributed by atoms with Crippen LogP contribution in [0.15, 0.2) is 18.5 Å². The van der Waals surface area contributed by atoms with Crippen LogP contribution in [0.3, 0.4) is 0 Å². The highest BCUT2D eigenvalue weighted by atomic mass is 16.6. The number of nitrogen functional groups attached to an aromatic ring is 1. The number of rotatable bonds is 3. The Kier molecular flexibility index (Phi) is 5.58. The van der Waals surface area contributed by atoms with Gasteiger partial charge in [0, 0.05) is 18.2 Å². The summed E-state index contributed by atoms with van der Waals surface area (Å²) in [6, 6.07) is 1.28. The van der Waals surface area contributed by atoms with E-state index in [1.165, 1.54) is 0 Å². The van der Waals surface area contributed by atoms with Crippen LogP contribution in [-0.4, -0.2) is 39.5 Å². The predicted molar refractivity (Wildman–Crippen MR) is 95.0 cm³/mol. The SMILES string of the molecule is CCC1(O)C(NC(=O)OC(C)(C)C)CC(c2ccncc2N)OC1C. The van der Waals surface area contributed by atoms with Crippen molar-refractivity contribution in [1.29, 1.82) is 0 Å². The van der Waals surface area contributed by atoms with Crippen LogP contribution in [0.1, 0.15) is 59.1 Å². The van der Waals surface area contributed by atoms with Crippen molar-refractivity contribution in [3.8, 4) is 0 Å². The Bertz CT molecular complexity index is 617. The van der Waals surface area contributed by atoms with Crippen LogP contribution in [0.4, 0.5) is 10.5 Å². The van der Waals surface area contributed by atoms with E-state index >= 15 is 0 Å². The minimum atomic E-state index is -1.19. The van der Waals surface area contributed by atoms with Gasteiger partial charge in [0.25, 0.3) is 0 Å². The number of nitrogens with two attached hydrogens (primary N) is 1. The van der Waals surface area contributed by atoms with Crippen molar-refractivity contribution in [1.82, 2.24) is 10.3 Å². The van der Waals surface area contributed by atoms with Gasteiger partial charge in [0.1, 0.15) is 11.2 Å². The van der Waals surface area contributed by atoms with Crippen molar-refractivity contribution in [3.05, 3.63) is 24.0 Å². The van der Waals surface area contributed by atoms with Gasteiger partial charge in [-0.2, -0.15) is 0 Å².